The van der Waals surface area contributed by atoms with Crippen molar-refractivity contribution >= 4 is 17.5 Å². The summed E-state index contributed by atoms with van der Waals surface area (Å²) in [6.45, 7) is 3.15. The molecule has 1 aliphatic rings. The van der Waals surface area contributed by atoms with Crippen LogP contribution in [0.2, 0.25) is 5.02 Å². The SMILES string of the molecule is CC1NCCCC1NC(=O)Cc1ccccc1Cl. The molecule has 2 N–H and O–H groups in total. The van der Waals surface area contributed by atoms with Crippen LogP contribution in [-0.4, -0.2) is 24.5 Å². The molecule has 0 saturated carbocycles. The molecule has 98 valence electrons. The molecule has 1 aromatic carbocycles. The molecular weight excluding hydrogens is 248 g/mol. The van der Waals surface area contributed by atoms with Crippen LogP contribution in [0.4, 0.5) is 0 Å². The standard InChI is InChI=1S/C14H19ClN2O/c1-10-13(7-4-8-16-10)17-14(18)9-11-5-2-3-6-12(11)15/h2-3,5-6,10,13,16H,4,7-9H2,1H3,(H,17,18). The topological polar surface area (TPSA) is 41.1 Å². The zero-order valence-corrected chi connectivity index (χ0v) is 11.3. The lowest BCUT2D eigenvalue weighted by atomic mass is 9.99. The number of nitrogens with one attached hydrogen (secondary N) is 2. The maximum absolute atomic E-state index is 12.0. The summed E-state index contributed by atoms with van der Waals surface area (Å²) in [7, 11) is 0. The minimum Gasteiger partial charge on any atom is -0.352 e. The Morgan fingerprint density at radius 1 is 1.50 bits per heavy atom. The summed E-state index contributed by atoms with van der Waals surface area (Å²) < 4.78 is 0. The van der Waals surface area contributed by atoms with Crippen molar-refractivity contribution < 1.29 is 4.79 Å². The zero-order valence-electron chi connectivity index (χ0n) is 10.6. The second-order valence-corrected chi connectivity index (χ2v) is 5.23. The van der Waals surface area contributed by atoms with E-state index in [0.29, 0.717) is 17.5 Å². The van der Waals surface area contributed by atoms with Crippen LogP contribution >= 0.6 is 11.6 Å². The first-order valence-electron chi connectivity index (χ1n) is 6.43. The molecule has 2 atom stereocenters. The van der Waals surface area contributed by atoms with E-state index < -0.39 is 0 Å². The number of hydrogen-bond donors (Lipinski definition) is 2. The van der Waals surface area contributed by atoms with Crippen LogP contribution in [-0.2, 0) is 11.2 Å². The predicted octanol–water partition coefficient (Wildman–Crippen LogP) is 2.14. The second-order valence-electron chi connectivity index (χ2n) is 4.83. The highest BCUT2D eigenvalue weighted by Crippen LogP contribution is 2.16. The van der Waals surface area contributed by atoms with E-state index in [1.54, 1.807) is 0 Å². The molecule has 3 nitrogen and oxygen atoms in total. The van der Waals surface area contributed by atoms with Gasteiger partial charge in [0.25, 0.3) is 0 Å². The van der Waals surface area contributed by atoms with Crippen LogP contribution in [0.15, 0.2) is 24.3 Å². The van der Waals surface area contributed by atoms with Gasteiger partial charge in [0.15, 0.2) is 0 Å². The monoisotopic (exact) mass is 266 g/mol. The molecule has 0 aliphatic carbocycles. The number of carbonyl (C=O) groups is 1. The summed E-state index contributed by atoms with van der Waals surface area (Å²) in [6, 6.07) is 8.05. The van der Waals surface area contributed by atoms with Gasteiger partial charge in [0.05, 0.1) is 6.42 Å². The Morgan fingerprint density at radius 3 is 3.00 bits per heavy atom. The first-order chi connectivity index (χ1) is 8.66. The van der Waals surface area contributed by atoms with Gasteiger partial charge in [-0.05, 0) is 37.9 Å². The summed E-state index contributed by atoms with van der Waals surface area (Å²) in [5.41, 5.74) is 0.882. The fourth-order valence-corrected chi connectivity index (χ4v) is 2.52. The van der Waals surface area contributed by atoms with Gasteiger partial charge in [-0.1, -0.05) is 29.8 Å². The predicted molar refractivity (Wildman–Crippen MR) is 73.8 cm³/mol. The van der Waals surface area contributed by atoms with Crippen molar-refractivity contribution in [1.29, 1.82) is 0 Å². The molecule has 0 aromatic heterocycles. The first-order valence-corrected chi connectivity index (χ1v) is 6.81. The highest BCUT2D eigenvalue weighted by atomic mass is 35.5. The van der Waals surface area contributed by atoms with E-state index in [-0.39, 0.29) is 11.9 Å². The van der Waals surface area contributed by atoms with Crippen molar-refractivity contribution in [3.05, 3.63) is 34.9 Å². The van der Waals surface area contributed by atoms with Crippen LogP contribution in [0.5, 0.6) is 0 Å². The molecule has 18 heavy (non-hydrogen) atoms. The number of benzene rings is 1. The highest BCUT2D eigenvalue weighted by molar-refractivity contribution is 6.31. The zero-order chi connectivity index (χ0) is 13.0. The summed E-state index contributed by atoms with van der Waals surface area (Å²) >= 11 is 6.05. The van der Waals surface area contributed by atoms with Crippen molar-refractivity contribution in [2.75, 3.05) is 6.54 Å². The fourth-order valence-electron chi connectivity index (χ4n) is 2.31. The van der Waals surface area contributed by atoms with Crippen molar-refractivity contribution in [3.8, 4) is 0 Å². The van der Waals surface area contributed by atoms with E-state index >= 15 is 0 Å². The van der Waals surface area contributed by atoms with E-state index in [4.69, 9.17) is 11.6 Å². The average molecular weight is 267 g/mol. The average Bonchev–Trinajstić information content (AvgIpc) is 2.35. The summed E-state index contributed by atoms with van der Waals surface area (Å²) in [5, 5.41) is 7.11. The van der Waals surface area contributed by atoms with Crippen molar-refractivity contribution in [2.24, 2.45) is 0 Å². The molecule has 0 spiro atoms. The molecule has 0 radical (unpaired) electrons. The minimum atomic E-state index is 0.0450. The molecule has 1 aliphatic heterocycles. The van der Waals surface area contributed by atoms with Crippen molar-refractivity contribution in [3.63, 3.8) is 0 Å². The normalized spacial score (nSPS) is 23.7. The summed E-state index contributed by atoms with van der Waals surface area (Å²) in [6.07, 6.45) is 2.51. The lowest BCUT2D eigenvalue weighted by molar-refractivity contribution is -0.121. The molecule has 1 aromatic rings. The minimum absolute atomic E-state index is 0.0450. The van der Waals surface area contributed by atoms with E-state index in [0.717, 1.165) is 24.9 Å². The molecule has 0 bridgehead atoms. The maximum Gasteiger partial charge on any atom is 0.224 e. The molecule has 1 saturated heterocycles. The highest BCUT2D eigenvalue weighted by Gasteiger charge is 2.22. The molecule has 4 heteroatoms. The van der Waals surface area contributed by atoms with Crippen LogP contribution in [0.25, 0.3) is 0 Å². The largest absolute Gasteiger partial charge is 0.352 e. The number of rotatable bonds is 3. The Hall–Kier alpha value is -1.06. The van der Waals surface area contributed by atoms with E-state index in [1.807, 2.05) is 24.3 Å². The second kappa shape index (κ2) is 6.21. The first kappa shape index (κ1) is 13.4. The van der Waals surface area contributed by atoms with Crippen LogP contribution in [0, 0.1) is 0 Å². The number of piperidine rings is 1. The summed E-state index contributed by atoms with van der Waals surface area (Å²) in [5.74, 6) is 0.0450. The molecule has 2 unspecified atom stereocenters. The van der Waals surface area contributed by atoms with Gasteiger partial charge >= 0.3 is 0 Å². The summed E-state index contributed by atoms with van der Waals surface area (Å²) in [4.78, 5) is 12.0. The molecule has 1 fully saturated rings. The van der Waals surface area contributed by atoms with Crippen molar-refractivity contribution in [2.45, 2.75) is 38.3 Å². The molecule has 1 heterocycles. The third-order valence-corrected chi connectivity index (χ3v) is 3.79. The fraction of sp³-hybridized carbons (Fsp3) is 0.500. The third kappa shape index (κ3) is 3.47. The molecule has 2 rings (SSSR count). The lowest BCUT2D eigenvalue weighted by Crippen LogP contribution is -2.52. The van der Waals surface area contributed by atoms with Crippen LogP contribution in [0.1, 0.15) is 25.3 Å². The lowest BCUT2D eigenvalue weighted by Gasteiger charge is -2.30. The van der Waals surface area contributed by atoms with Gasteiger partial charge in [0, 0.05) is 17.1 Å². The Labute approximate surface area is 113 Å². The van der Waals surface area contributed by atoms with E-state index in [2.05, 4.69) is 17.6 Å². The Bertz CT molecular complexity index is 422. The van der Waals surface area contributed by atoms with Gasteiger partial charge < -0.3 is 10.6 Å². The third-order valence-electron chi connectivity index (χ3n) is 3.42. The number of carbonyl (C=O) groups excluding carboxylic acids is 1. The van der Waals surface area contributed by atoms with Gasteiger partial charge in [-0.3, -0.25) is 4.79 Å². The Balaban J connectivity index is 1.90. The van der Waals surface area contributed by atoms with Gasteiger partial charge in [0.1, 0.15) is 0 Å². The van der Waals surface area contributed by atoms with Gasteiger partial charge in [-0.2, -0.15) is 0 Å². The Morgan fingerprint density at radius 2 is 2.28 bits per heavy atom. The smallest absolute Gasteiger partial charge is 0.224 e. The Kier molecular flexibility index (Phi) is 4.61. The quantitative estimate of drug-likeness (QED) is 0.880. The van der Waals surface area contributed by atoms with E-state index in [1.165, 1.54) is 0 Å². The maximum atomic E-state index is 12.0. The number of halogens is 1. The van der Waals surface area contributed by atoms with Crippen LogP contribution < -0.4 is 10.6 Å². The van der Waals surface area contributed by atoms with Gasteiger partial charge in [-0.15, -0.1) is 0 Å². The molecule has 1 amide bonds. The van der Waals surface area contributed by atoms with Gasteiger partial charge in [-0.25, -0.2) is 0 Å². The molecular formula is C14H19ClN2O. The van der Waals surface area contributed by atoms with Crippen LogP contribution in [0.3, 0.4) is 0 Å². The number of amides is 1. The number of hydrogen-bond acceptors (Lipinski definition) is 2. The van der Waals surface area contributed by atoms with Crippen molar-refractivity contribution in [1.82, 2.24) is 10.6 Å². The van der Waals surface area contributed by atoms with Gasteiger partial charge in [0.2, 0.25) is 5.91 Å². The van der Waals surface area contributed by atoms with E-state index in [9.17, 15) is 4.79 Å².